The first-order chi connectivity index (χ1) is 8.34. The minimum atomic E-state index is 0.529. The first-order valence-corrected chi connectivity index (χ1v) is 8.07. The van der Waals surface area contributed by atoms with Gasteiger partial charge in [0.2, 0.25) is 0 Å². The molecule has 0 atom stereocenters. The molecule has 96 valence electrons. The first kappa shape index (κ1) is 13.5. The predicted molar refractivity (Wildman–Crippen MR) is 76.6 cm³/mol. The van der Waals surface area contributed by atoms with Crippen molar-refractivity contribution in [2.45, 2.75) is 44.8 Å². The second-order valence-electron chi connectivity index (χ2n) is 4.57. The maximum atomic E-state index is 5.86. The molecule has 17 heavy (non-hydrogen) atoms. The van der Waals surface area contributed by atoms with Gasteiger partial charge in [-0.3, -0.25) is 0 Å². The number of hydrogen-bond donors (Lipinski definition) is 1. The van der Waals surface area contributed by atoms with E-state index in [4.69, 9.17) is 4.74 Å². The summed E-state index contributed by atoms with van der Waals surface area (Å²) < 4.78 is 7.06. The van der Waals surface area contributed by atoms with Crippen molar-refractivity contribution in [3.8, 4) is 0 Å². The average molecular weight is 318 g/mol. The smallest absolute Gasteiger partial charge is 0.0701 e. The molecule has 0 saturated heterocycles. The zero-order valence-corrected chi connectivity index (χ0v) is 12.5. The van der Waals surface area contributed by atoms with Crippen LogP contribution in [0.4, 0.5) is 0 Å². The topological polar surface area (TPSA) is 21.3 Å². The van der Waals surface area contributed by atoms with Gasteiger partial charge in [0, 0.05) is 13.1 Å². The molecule has 1 aromatic rings. The lowest BCUT2D eigenvalue weighted by molar-refractivity contribution is 0.0302. The standard InChI is InChI=1S/C13H20BrNOS/c14-13-8-11(10-17-13)9-15-6-7-16-12-4-2-1-3-5-12/h8,10,12,15H,1-7,9H2. The van der Waals surface area contributed by atoms with E-state index in [-0.39, 0.29) is 0 Å². The minimum absolute atomic E-state index is 0.529. The Hall–Kier alpha value is 0.1000. The summed E-state index contributed by atoms with van der Waals surface area (Å²) in [5.41, 5.74) is 1.35. The molecular formula is C13H20BrNOS. The highest BCUT2D eigenvalue weighted by Gasteiger charge is 2.12. The van der Waals surface area contributed by atoms with Crippen LogP contribution >= 0.6 is 27.3 Å². The predicted octanol–water partition coefficient (Wildman–Crippen LogP) is 3.95. The van der Waals surface area contributed by atoms with Crippen molar-refractivity contribution < 1.29 is 4.74 Å². The second kappa shape index (κ2) is 7.52. The normalized spacial score (nSPS) is 17.5. The summed E-state index contributed by atoms with van der Waals surface area (Å²) >= 11 is 5.21. The molecule has 0 amide bonds. The molecule has 1 aliphatic carbocycles. The van der Waals surface area contributed by atoms with E-state index in [0.717, 1.165) is 19.7 Å². The molecule has 2 rings (SSSR count). The molecule has 1 saturated carbocycles. The molecule has 0 aromatic carbocycles. The van der Waals surface area contributed by atoms with Crippen LogP contribution < -0.4 is 5.32 Å². The summed E-state index contributed by atoms with van der Waals surface area (Å²) in [5, 5.41) is 5.60. The number of ether oxygens (including phenoxy) is 1. The summed E-state index contributed by atoms with van der Waals surface area (Å²) in [4.78, 5) is 0. The molecule has 0 radical (unpaired) electrons. The van der Waals surface area contributed by atoms with Crippen molar-refractivity contribution in [3.63, 3.8) is 0 Å². The Morgan fingerprint density at radius 2 is 2.18 bits per heavy atom. The van der Waals surface area contributed by atoms with Crippen LogP contribution in [-0.2, 0) is 11.3 Å². The van der Waals surface area contributed by atoms with Crippen molar-refractivity contribution in [2.24, 2.45) is 0 Å². The molecule has 0 aliphatic heterocycles. The van der Waals surface area contributed by atoms with Crippen molar-refractivity contribution in [2.75, 3.05) is 13.2 Å². The molecule has 1 N–H and O–H groups in total. The van der Waals surface area contributed by atoms with Gasteiger partial charge < -0.3 is 10.1 Å². The highest BCUT2D eigenvalue weighted by molar-refractivity contribution is 9.11. The lowest BCUT2D eigenvalue weighted by atomic mass is 9.98. The van der Waals surface area contributed by atoms with Gasteiger partial charge in [0.15, 0.2) is 0 Å². The molecule has 4 heteroatoms. The Kier molecular flexibility index (Phi) is 5.98. The fourth-order valence-electron chi connectivity index (χ4n) is 2.20. The molecule has 1 aliphatic rings. The van der Waals surface area contributed by atoms with Gasteiger partial charge in [0.1, 0.15) is 0 Å². The van der Waals surface area contributed by atoms with Gasteiger partial charge >= 0.3 is 0 Å². The van der Waals surface area contributed by atoms with Crippen LogP contribution in [0.5, 0.6) is 0 Å². The summed E-state index contributed by atoms with van der Waals surface area (Å²) in [5.74, 6) is 0. The third-order valence-electron chi connectivity index (χ3n) is 3.14. The Labute approximate surface area is 116 Å². The van der Waals surface area contributed by atoms with Crippen LogP contribution in [0.15, 0.2) is 15.2 Å². The van der Waals surface area contributed by atoms with Crippen LogP contribution in [0, 0.1) is 0 Å². The maximum Gasteiger partial charge on any atom is 0.0701 e. The summed E-state index contributed by atoms with van der Waals surface area (Å²) in [6.45, 7) is 2.73. The van der Waals surface area contributed by atoms with Crippen LogP contribution in [0.1, 0.15) is 37.7 Å². The van der Waals surface area contributed by atoms with Crippen molar-refractivity contribution in [3.05, 3.63) is 20.8 Å². The molecular weight excluding hydrogens is 298 g/mol. The number of halogens is 1. The largest absolute Gasteiger partial charge is 0.377 e. The number of hydrogen-bond acceptors (Lipinski definition) is 3. The van der Waals surface area contributed by atoms with E-state index < -0.39 is 0 Å². The molecule has 0 spiro atoms. The SMILES string of the molecule is Brc1cc(CNCCOC2CCCCC2)cs1. The second-order valence-corrected chi connectivity index (χ2v) is 6.86. The molecule has 1 aromatic heterocycles. The van der Waals surface area contributed by atoms with Crippen molar-refractivity contribution in [1.29, 1.82) is 0 Å². The zero-order valence-electron chi connectivity index (χ0n) is 10.1. The number of nitrogens with one attached hydrogen (secondary N) is 1. The van der Waals surface area contributed by atoms with E-state index >= 15 is 0 Å². The lowest BCUT2D eigenvalue weighted by Gasteiger charge is -2.21. The number of rotatable bonds is 6. The Morgan fingerprint density at radius 1 is 1.35 bits per heavy atom. The van der Waals surface area contributed by atoms with Gasteiger partial charge in [0.05, 0.1) is 16.5 Å². The van der Waals surface area contributed by atoms with E-state index in [1.807, 2.05) is 0 Å². The van der Waals surface area contributed by atoms with Crippen LogP contribution in [0.2, 0.25) is 0 Å². The maximum absolute atomic E-state index is 5.86. The zero-order chi connectivity index (χ0) is 11.9. The molecule has 2 nitrogen and oxygen atoms in total. The van der Waals surface area contributed by atoms with Gasteiger partial charge in [-0.05, 0) is 45.8 Å². The van der Waals surface area contributed by atoms with E-state index in [9.17, 15) is 0 Å². The highest BCUT2D eigenvalue weighted by Crippen LogP contribution is 2.21. The number of thiophene rings is 1. The summed E-state index contributed by atoms with van der Waals surface area (Å²) in [7, 11) is 0. The van der Waals surface area contributed by atoms with E-state index in [1.165, 1.54) is 41.5 Å². The third-order valence-corrected chi connectivity index (χ3v) is 4.69. The Balaban J connectivity index is 1.51. The van der Waals surface area contributed by atoms with Gasteiger partial charge in [-0.25, -0.2) is 0 Å². The van der Waals surface area contributed by atoms with Crippen molar-refractivity contribution in [1.82, 2.24) is 5.32 Å². The van der Waals surface area contributed by atoms with Crippen LogP contribution in [0.3, 0.4) is 0 Å². The van der Waals surface area contributed by atoms with Gasteiger partial charge in [-0.15, -0.1) is 11.3 Å². The van der Waals surface area contributed by atoms with Crippen LogP contribution in [-0.4, -0.2) is 19.3 Å². The van der Waals surface area contributed by atoms with E-state index in [0.29, 0.717) is 6.10 Å². The van der Waals surface area contributed by atoms with E-state index in [1.54, 1.807) is 11.3 Å². The van der Waals surface area contributed by atoms with E-state index in [2.05, 4.69) is 32.7 Å². The van der Waals surface area contributed by atoms with Crippen molar-refractivity contribution >= 4 is 27.3 Å². The van der Waals surface area contributed by atoms with Gasteiger partial charge in [-0.1, -0.05) is 19.3 Å². The monoisotopic (exact) mass is 317 g/mol. The highest BCUT2D eigenvalue weighted by atomic mass is 79.9. The molecule has 1 fully saturated rings. The molecule has 1 heterocycles. The lowest BCUT2D eigenvalue weighted by Crippen LogP contribution is -2.24. The molecule has 0 unspecified atom stereocenters. The van der Waals surface area contributed by atoms with Gasteiger partial charge in [0.25, 0.3) is 0 Å². The summed E-state index contributed by atoms with van der Waals surface area (Å²) in [6.07, 6.45) is 7.14. The fraction of sp³-hybridized carbons (Fsp3) is 0.692. The van der Waals surface area contributed by atoms with Gasteiger partial charge in [-0.2, -0.15) is 0 Å². The van der Waals surface area contributed by atoms with Crippen LogP contribution in [0.25, 0.3) is 0 Å². The average Bonchev–Trinajstić information content (AvgIpc) is 2.76. The summed E-state index contributed by atoms with van der Waals surface area (Å²) in [6, 6.07) is 2.17. The first-order valence-electron chi connectivity index (χ1n) is 6.40. The quantitative estimate of drug-likeness (QED) is 0.802. The molecule has 0 bridgehead atoms. The third kappa shape index (κ3) is 5.08. The Morgan fingerprint density at radius 3 is 2.88 bits per heavy atom. The fourth-order valence-corrected chi connectivity index (χ4v) is 3.41. The Bertz CT molecular complexity index is 323. The minimum Gasteiger partial charge on any atom is -0.377 e.